The molecule has 0 aliphatic carbocycles. The molecule has 2 aromatic rings. The molecule has 0 saturated heterocycles. The molecule has 0 unspecified atom stereocenters. The van der Waals surface area contributed by atoms with Gasteiger partial charge in [0.2, 0.25) is 0 Å². The van der Waals surface area contributed by atoms with Gasteiger partial charge in [0.25, 0.3) is 5.91 Å². The fourth-order valence-corrected chi connectivity index (χ4v) is 2.40. The van der Waals surface area contributed by atoms with E-state index in [4.69, 9.17) is 0 Å². The summed E-state index contributed by atoms with van der Waals surface area (Å²) in [5.41, 5.74) is -0.566. The van der Waals surface area contributed by atoms with Gasteiger partial charge in [0.1, 0.15) is 0 Å². The molecule has 0 fully saturated rings. The number of alkyl halides is 3. The maximum absolute atomic E-state index is 12.8. The van der Waals surface area contributed by atoms with Crippen LogP contribution in [0.3, 0.4) is 0 Å². The van der Waals surface area contributed by atoms with Crippen molar-refractivity contribution >= 4 is 43.5 Å². The molecule has 1 aromatic carbocycles. The first kappa shape index (κ1) is 16.0. The molecule has 21 heavy (non-hydrogen) atoms. The molecule has 0 aliphatic rings. The van der Waals surface area contributed by atoms with Crippen LogP contribution in [0.4, 0.5) is 18.9 Å². The molecule has 0 radical (unpaired) electrons. The van der Waals surface area contributed by atoms with Gasteiger partial charge < -0.3 is 5.32 Å². The van der Waals surface area contributed by atoms with Crippen molar-refractivity contribution in [3.05, 3.63) is 56.7 Å². The predicted molar refractivity (Wildman–Crippen MR) is 79.0 cm³/mol. The third-order valence-corrected chi connectivity index (χ3v) is 3.62. The van der Waals surface area contributed by atoms with Gasteiger partial charge in [0, 0.05) is 27.0 Å². The zero-order valence-corrected chi connectivity index (χ0v) is 13.4. The standard InChI is InChI=1S/C13H7Br2F3N2O/c14-8-3-7(5-19-6-8)12(21)20-9-1-2-11(15)10(4-9)13(16,17)18/h1-6H,(H,20,21). The molecular weight excluding hydrogens is 417 g/mol. The Morgan fingerprint density at radius 2 is 1.86 bits per heavy atom. The van der Waals surface area contributed by atoms with Crippen LogP contribution >= 0.6 is 31.9 Å². The van der Waals surface area contributed by atoms with Crippen LogP contribution in [0, 0.1) is 0 Å². The molecule has 1 heterocycles. The lowest BCUT2D eigenvalue weighted by Crippen LogP contribution is -2.13. The fourth-order valence-electron chi connectivity index (χ4n) is 1.56. The van der Waals surface area contributed by atoms with Crippen LogP contribution in [0.2, 0.25) is 0 Å². The Labute approximate surface area is 134 Å². The van der Waals surface area contributed by atoms with Crippen LogP contribution < -0.4 is 5.32 Å². The number of carbonyl (C=O) groups is 1. The monoisotopic (exact) mass is 422 g/mol. The molecule has 1 N–H and O–H groups in total. The number of benzene rings is 1. The van der Waals surface area contributed by atoms with Crippen LogP contribution in [0.25, 0.3) is 0 Å². The second-order valence-corrected chi connectivity index (χ2v) is 5.81. The Kier molecular flexibility index (Phi) is 4.67. The third-order valence-electron chi connectivity index (χ3n) is 2.50. The van der Waals surface area contributed by atoms with Crippen LogP contribution in [-0.4, -0.2) is 10.9 Å². The molecule has 110 valence electrons. The predicted octanol–water partition coefficient (Wildman–Crippen LogP) is 4.88. The molecule has 2 rings (SSSR count). The smallest absolute Gasteiger partial charge is 0.322 e. The summed E-state index contributed by atoms with van der Waals surface area (Å²) in [7, 11) is 0. The Morgan fingerprint density at radius 3 is 2.48 bits per heavy atom. The third kappa shape index (κ3) is 4.04. The van der Waals surface area contributed by atoms with E-state index in [1.54, 1.807) is 0 Å². The quantitative estimate of drug-likeness (QED) is 0.748. The van der Waals surface area contributed by atoms with Crippen molar-refractivity contribution in [2.24, 2.45) is 0 Å². The van der Waals surface area contributed by atoms with Gasteiger partial charge in [-0.15, -0.1) is 0 Å². The lowest BCUT2D eigenvalue weighted by atomic mass is 10.2. The minimum Gasteiger partial charge on any atom is -0.322 e. The second kappa shape index (κ2) is 6.15. The summed E-state index contributed by atoms with van der Waals surface area (Å²) in [5.74, 6) is -0.542. The Hall–Kier alpha value is -1.41. The van der Waals surface area contributed by atoms with E-state index in [2.05, 4.69) is 42.2 Å². The first-order chi connectivity index (χ1) is 9.77. The highest BCUT2D eigenvalue weighted by Gasteiger charge is 2.33. The Morgan fingerprint density at radius 1 is 1.14 bits per heavy atom. The number of pyridine rings is 1. The van der Waals surface area contributed by atoms with Crippen LogP contribution in [0.1, 0.15) is 15.9 Å². The van der Waals surface area contributed by atoms with Crippen molar-refractivity contribution in [1.82, 2.24) is 4.98 Å². The van der Waals surface area contributed by atoms with Gasteiger partial charge in [0.05, 0.1) is 11.1 Å². The molecule has 1 amide bonds. The molecule has 0 bridgehead atoms. The summed E-state index contributed by atoms with van der Waals surface area (Å²) >= 11 is 6.00. The van der Waals surface area contributed by atoms with Crippen molar-refractivity contribution in [1.29, 1.82) is 0 Å². The molecule has 1 aromatic heterocycles. The number of halogens is 5. The number of hydrogen-bond donors (Lipinski definition) is 1. The average Bonchev–Trinajstić information content (AvgIpc) is 2.39. The maximum Gasteiger partial charge on any atom is 0.417 e. The van der Waals surface area contributed by atoms with E-state index in [0.29, 0.717) is 4.47 Å². The van der Waals surface area contributed by atoms with Crippen molar-refractivity contribution in [2.75, 3.05) is 5.32 Å². The van der Waals surface area contributed by atoms with E-state index >= 15 is 0 Å². The number of rotatable bonds is 2. The highest BCUT2D eigenvalue weighted by atomic mass is 79.9. The van der Waals surface area contributed by atoms with Gasteiger partial charge in [-0.1, -0.05) is 15.9 Å². The van der Waals surface area contributed by atoms with Gasteiger partial charge in [-0.05, 0) is 40.2 Å². The summed E-state index contributed by atoms with van der Waals surface area (Å²) in [6.45, 7) is 0. The van der Waals surface area contributed by atoms with Crippen molar-refractivity contribution < 1.29 is 18.0 Å². The van der Waals surface area contributed by atoms with Crippen LogP contribution in [-0.2, 0) is 6.18 Å². The maximum atomic E-state index is 12.8. The Bertz CT molecular complexity index is 689. The van der Waals surface area contributed by atoms with Crippen LogP contribution in [0.5, 0.6) is 0 Å². The lowest BCUT2D eigenvalue weighted by molar-refractivity contribution is -0.138. The van der Waals surface area contributed by atoms with Gasteiger partial charge >= 0.3 is 6.18 Å². The van der Waals surface area contributed by atoms with Crippen LogP contribution in [0.15, 0.2) is 45.6 Å². The molecular formula is C13H7Br2F3N2O. The normalized spacial score (nSPS) is 11.3. The molecule has 0 saturated carbocycles. The van der Waals surface area contributed by atoms with E-state index in [0.717, 1.165) is 6.07 Å². The minimum atomic E-state index is -4.50. The van der Waals surface area contributed by atoms with Gasteiger partial charge in [-0.3, -0.25) is 9.78 Å². The highest BCUT2D eigenvalue weighted by molar-refractivity contribution is 9.10. The first-order valence-electron chi connectivity index (χ1n) is 5.56. The second-order valence-electron chi connectivity index (χ2n) is 4.04. The first-order valence-corrected chi connectivity index (χ1v) is 7.14. The molecule has 0 aliphatic heterocycles. The summed E-state index contributed by atoms with van der Waals surface area (Å²) in [4.78, 5) is 15.8. The zero-order valence-electron chi connectivity index (χ0n) is 10.2. The number of anilines is 1. The van der Waals surface area contributed by atoms with Crippen molar-refractivity contribution in [3.8, 4) is 0 Å². The van der Waals surface area contributed by atoms with E-state index < -0.39 is 17.6 Å². The summed E-state index contributed by atoms with van der Waals surface area (Å²) < 4.78 is 38.9. The molecule has 3 nitrogen and oxygen atoms in total. The Balaban J connectivity index is 2.26. The van der Waals surface area contributed by atoms with E-state index in [1.165, 1.54) is 30.6 Å². The topological polar surface area (TPSA) is 42.0 Å². The molecule has 0 atom stereocenters. The average molecular weight is 424 g/mol. The van der Waals surface area contributed by atoms with Gasteiger partial charge in [0.15, 0.2) is 0 Å². The van der Waals surface area contributed by atoms with Gasteiger partial charge in [-0.25, -0.2) is 0 Å². The number of nitrogens with one attached hydrogen (secondary N) is 1. The van der Waals surface area contributed by atoms with Crippen molar-refractivity contribution in [3.63, 3.8) is 0 Å². The SMILES string of the molecule is O=C(Nc1ccc(Br)c(C(F)(F)F)c1)c1cncc(Br)c1. The van der Waals surface area contributed by atoms with E-state index in [-0.39, 0.29) is 15.7 Å². The zero-order chi connectivity index (χ0) is 15.6. The number of nitrogens with zero attached hydrogens (tertiary/aromatic N) is 1. The van der Waals surface area contributed by atoms with Crippen molar-refractivity contribution in [2.45, 2.75) is 6.18 Å². The molecule has 0 spiro atoms. The number of aromatic nitrogens is 1. The largest absolute Gasteiger partial charge is 0.417 e. The lowest BCUT2D eigenvalue weighted by Gasteiger charge is -2.12. The number of hydrogen-bond acceptors (Lipinski definition) is 2. The summed E-state index contributed by atoms with van der Waals surface area (Å²) in [6.07, 6.45) is -1.68. The summed E-state index contributed by atoms with van der Waals surface area (Å²) in [5, 5.41) is 2.40. The summed E-state index contributed by atoms with van der Waals surface area (Å²) in [6, 6.07) is 5.00. The van der Waals surface area contributed by atoms with E-state index in [9.17, 15) is 18.0 Å². The number of amides is 1. The van der Waals surface area contributed by atoms with Gasteiger partial charge in [-0.2, -0.15) is 13.2 Å². The highest BCUT2D eigenvalue weighted by Crippen LogP contribution is 2.36. The molecule has 8 heteroatoms. The number of carbonyl (C=O) groups excluding carboxylic acids is 1. The fraction of sp³-hybridized carbons (Fsp3) is 0.0769. The minimum absolute atomic E-state index is 0.0514. The van der Waals surface area contributed by atoms with E-state index in [1.807, 2.05) is 0 Å².